The molecule has 1 aliphatic rings. The van der Waals surface area contributed by atoms with Crippen LogP contribution in [0.1, 0.15) is 34.1 Å². The molecule has 0 saturated carbocycles. The molecule has 1 atom stereocenters. The Bertz CT molecular complexity index is 768. The van der Waals surface area contributed by atoms with Gasteiger partial charge in [0.25, 0.3) is 0 Å². The molecule has 1 aliphatic heterocycles. The van der Waals surface area contributed by atoms with Gasteiger partial charge in [-0.1, -0.05) is 6.07 Å². The smallest absolute Gasteiger partial charge is 0.248 e. The molecule has 0 aliphatic carbocycles. The van der Waals surface area contributed by atoms with Crippen LogP contribution in [-0.2, 0) is 10.0 Å². The van der Waals surface area contributed by atoms with E-state index in [1.54, 1.807) is 15.6 Å². The van der Waals surface area contributed by atoms with Gasteiger partial charge in [0.1, 0.15) is 0 Å². The van der Waals surface area contributed by atoms with Crippen molar-refractivity contribution in [2.75, 3.05) is 6.54 Å². The van der Waals surface area contributed by atoms with E-state index in [1.165, 1.54) is 24.3 Å². The van der Waals surface area contributed by atoms with Crippen LogP contribution in [0.25, 0.3) is 0 Å². The lowest BCUT2D eigenvalue weighted by Gasteiger charge is -2.23. The molecule has 1 aromatic carbocycles. The van der Waals surface area contributed by atoms with Crippen LogP contribution in [0.4, 0.5) is 0 Å². The molecule has 0 unspecified atom stereocenters. The quantitative estimate of drug-likeness (QED) is 0.931. The Morgan fingerprint density at radius 3 is 2.55 bits per heavy atom. The molecule has 1 amide bonds. The summed E-state index contributed by atoms with van der Waals surface area (Å²) in [6.07, 6.45) is 1.68. The molecule has 5 nitrogen and oxygen atoms in total. The standard InChI is InChI=1S/C15H16N2O3S2/c16-15(18)11-5-7-12(8-6-11)22(19,20)17-9-1-3-13(17)14-4-2-10-21-14/h2,4-8,10,13H,1,3,9H2,(H2,16,18)/t13-/m1/s1. The monoisotopic (exact) mass is 336 g/mol. The highest BCUT2D eigenvalue weighted by molar-refractivity contribution is 7.89. The molecule has 2 heterocycles. The van der Waals surface area contributed by atoms with Crippen LogP contribution >= 0.6 is 11.3 Å². The number of hydrogen-bond acceptors (Lipinski definition) is 4. The van der Waals surface area contributed by atoms with Crippen molar-refractivity contribution in [3.63, 3.8) is 0 Å². The Hall–Kier alpha value is -1.70. The molecule has 0 radical (unpaired) electrons. The van der Waals surface area contributed by atoms with Gasteiger partial charge in [-0.25, -0.2) is 8.42 Å². The average Bonchev–Trinajstić information content (AvgIpc) is 3.18. The molecule has 22 heavy (non-hydrogen) atoms. The van der Waals surface area contributed by atoms with E-state index in [4.69, 9.17) is 5.73 Å². The third-order valence-corrected chi connectivity index (χ3v) is 6.72. The van der Waals surface area contributed by atoms with Crippen molar-refractivity contribution in [1.29, 1.82) is 0 Å². The molecular weight excluding hydrogens is 320 g/mol. The first-order chi connectivity index (χ1) is 10.5. The van der Waals surface area contributed by atoms with Gasteiger partial charge in [0, 0.05) is 17.0 Å². The zero-order valence-electron chi connectivity index (χ0n) is 11.8. The highest BCUT2D eigenvalue weighted by atomic mass is 32.2. The summed E-state index contributed by atoms with van der Waals surface area (Å²) in [5, 5.41) is 1.96. The number of hydrogen-bond donors (Lipinski definition) is 1. The highest BCUT2D eigenvalue weighted by Crippen LogP contribution is 2.38. The maximum atomic E-state index is 12.8. The van der Waals surface area contributed by atoms with Crippen molar-refractivity contribution in [2.45, 2.75) is 23.8 Å². The van der Waals surface area contributed by atoms with E-state index in [2.05, 4.69) is 0 Å². The Balaban J connectivity index is 1.93. The number of amides is 1. The molecule has 0 spiro atoms. The van der Waals surface area contributed by atoms with Gasteiger partial charge < -0.3 is 5.73 Å². The molecule has 1 aromatic heterocycles. The summed E-state index contributed by atoms with van der Waals surface area (Å²) in [4.78, 5) is 12.3. The molecule has 0 bridgehead atoms. The molecule has 2 N–H and O–H groups in total. The maximum Gasteiger partial charge on any atom is 0.248 e. The fraction of sp³-hybridized carbons (Fsp3) is 0.267. The second kappa shape index (κ2) is 5.83. The van der Waals surface area contributed by atoms with E-state index in [-0.39, 0.29) is 10.9 Å². The van der Waals surface area contributed by atoms with Crippen LogP contribution in [0.5, 0.6) is 0 Å². The normalized spacial score (nSPS) is 19.4. The SMILES string of the molecule is NC(=O)c1ccc(S(=O)(=O)N2CCC[C@@H]2c2cccs2)cc1. The highest BCUT2D eigenvalue weighted by Gasteiger charge is 2.36. The largest absolute Gasteiger partial charge is 0.366 e. The van der Waals surface area contributed by atoms with Crippen LogP contribution in [0.15, 0.2) is 46.7 Å². The lowest BCUT2D eigenvalue weighted by atomic mass is 10.2. The number of carbonyl (C=O) groups is 1. The minimum Gasteiger partial charge on any atom is -0.366 e. The van der Waals surface area contributed by atoms with E-state index in [0.717, 1.165) is 17.7 Å². The fourth-order valence-corrected chi connectivity index (χ4v) is 5.33. The number of nitrogens with zero attached hydrogens (tertiary/aromatic N) is 1. The molecule has 2 aromatic rings. The topological polar surface area (TPSA) is 80.5 Å². The van der Waals surface area contributed by atoms with Crippen molar-refractivity contribution in [2.24, 2.45) is 5.73 Å². The zero-order valence-corrected chi connectivity index (χ0v) is 13.4. The summed E-state index contributed by atoms with van der Waals surface area (Å²) in [5.41, 5.74) is 5.48. The Morgan fingerprint density at radius 2 is 1.95 bits per heavy atom. The van der Waals surface area contributed by atoms with Crippen molar-refractivity contribution in [3.05, 3.63) is 52.2 Å². The van der Waals surface area contributed by atoms with Crippen molar-refractivity contribution < 1.29 is 13.2 Å². The van der Waals surface area contributed by atoms with Crippen molar-refractivity contribution in [3.8, 4) is 0 Å². The molecular formula is C15H16N2O3S2. The van der Waals surface area contributed by atoms with Crippen LogP contribution in [-0.4, -0.2) is 25.2 Å². The molecule has 3 rings (SSSR count). The first kappa shape index (κ1) is 15.2. The van der Waals surface area contributed by atoms with Crippen molar-refractivity contribution in [1.82, 2.24) is 4.31 Å². The number of sulfonamides is 1. The van der Waals surface area contributed by atoms with Gasteiger partial charge in [0.05, 0.1) is 10.9 Å². The number of carbonyl (C=O) groups excluding carboxylic acids is 1. The number of thiophene rings is 1. The minimum absolute atomic E-state index is 0.0965. The first-order valence-corrected chi connectivity index (χ1v) is 9.27. The van der Waals surface area contributed by atoms with E-state index >= 15 is 0 Å². The fourth-order valence-electron chi connectivity index (χ4n) is 2.72. The van der Waals surface area contributed by atoms with Crippen LogP contribution < -0.4 is 5.73 Å². The van der Waals surface area contributed by atoms with E-state index in [9.17, 15) is 13.2 Å². The molecule has 7 heteroatoms. The van der Waals surface area contributed by atoms with Gasteiger partial charge in [-0.3, -0.25) is 4.79 Å². The van der Waals surface area contributed by atoms with Crippen LogP contribution in [0.2, 0.25) is 0 Å². The molecule has 116 valence electrons. The zero-order chi connectivity index (χ0) is 15.7. The second-order valence-corrected chi connectivity index (χ2v) is 8.05. The first-order valence-electron chi connectivity index (χ1n) is 6.95. The summed E-state index contributed by atoms with van der Waals surface area (Å²) < 4.78 is 27.2. The van der Waals surface area contributed by atoms with Gasteiger partial charge in [0.15, 0.2) is 0 Å². The summed E-state index contributed by atoms with van der Waals surface area (Å²) in [7, 11) is -3.57. The van der Waals surface area contributed by atoms with Crippen LogP contribution in [0.3, 0.4) is 0 Å². The second-order valence-electron chi connectivity index (χ2n) is 5.18. The van der Waals surface area contributed by atoms with Crippen molar-refractivity contribution >= 4 is 27.3 Å². The number of primary amides is 1. The third-order valence-electron chi connectivity index (χ3n) is 3.82. The van der Waals surface area contributed by atoms with E-state index in [1.807, 2.05) is 17.5 Å². The Kier molecular flexibility index (Phi) is 4.03. The summed E-state index contributed by atoms with van der Waals surface area (Å²) in [6.45, 7) is 0.516. The lowest BCUT2D eigenvalue weighted by Crippen LogP contribution is -2.30. The van der Waals surface area contributed by atoms with Gasteiger partial charge >= 0.3 is 0 Å². The van der Waals surface area contributed by atoms with Gasteiger partial charge in [-0.15, -0.1) is 11.3 Å². The van der Waals surface area contributed by atoms with Gasteiger partial charge in [-0.2, -0.15) is 4.31 Å². The van der Waals surface area contributed by atoms with Gasteiger partial charge in [0.2, 0.25) is 15.9 Å². The predicted molar refractivity (Wildman–Crippen MR) is 85.1 cm³/mol. The minimum atomic E-state index is -3.57. The molecule has 1 fully saturated rings. The van der Waals surface area contributed by atoms with Gasteiger partial charge in [-0.05, 0) is 48.6 Å². The average molecular weight is 336 g/mol. The number of rotatable bonds is 4. The van der Waals surface area contributed by atoms with E-state index in [0.29, 0.717) is 12.1 Å². The Morgan fingerprint density at radius 1 is 1.23 bits per heavy atom. The summed E-state index contributed by atoms with van der Waals surface area (Å²) in [6, 6.07) is 9.60. The summed E-state index contributed by atoms with van der Waals surface area (Å²) in [5.74, 6) is -0.568. The third kappa shape index (κ3) is 2.67. The Labute approximate surface area is 133 Å². The van der Waals surface area contributed by atoms with Crippen LogP contribution in [0, 0.1) is 0 Å². The number of nitrogens with two attached hydrogens (primary N) is 1. The molecule has 1 saturated heterocycles. The number of benzene rings is 1. The lowest BCUT2D eigenvalue weighted by molar-refractivity contribution is 0.1000. The van der Waals surface area contributed by atoms with E-state index < -0.39 is 15.9 Å². The summed E-state index contributed by atoms with van der Waals surface area (Å²) >= 11 is 1.57. The predicted octanol–water partition coefficient (Wildman–Crippen LogP) is 2.37. The maximum absolute atomic E-state index is 12.8.